The van der Waals surface area contributed by atoms with Gasteiger partial charge in [0.1, 0.15) is 30.3 Å². The van der Waals surface area contributed by atoms with Crippen molar-refractivity contribution in [2.75, 3.05) is 12.4 Å². The van der Waals surface area contributed by atoms with Crippen molar-refractivity contribution < 1.29 is 42.2 Å². The molecule has 1 aromatic rings. The quantitative estimate of drug-likeness (QED) is 0.443. The summed E-state index contributed by atoms with van der Waals surface area (Å²) in [5.41, 5.74) is -1.49. The molecule has 3 rings (SSSR count). The number of alkyl halides is 3. The number of rotatable bonds is 6. The molecule has 2 aliphatic heterocycles. The molecule has 32 heavy (non-hydrogen) atoms. The smallest absolute Gasteiger partial charge is 0.436 e. The average Bonchev–Trinajstić information content (AvgIpc) is 2.98. The number of β-lactam (4-membered cyclic amide) rings is 1. The number of thioether (sulfide) groups is 1. The molecule has 0 radical (unpaired) electrons. The van der Waals surface area contributed by atoms with Crippen molar-refractivity contribution in [3.8, 4) is 0 Å². The van der Waals surface area contributed by atoms with Gasteiger partial charge in [0.25, 0.3) is 5.91 Å². The van der Waals surface area contributed by atoms with Crippen LogP contribution in [0, 0.1) is 6.92 Å². The maximum absolute atomic E-state index is 12.9. The van der Waals surface area contributed by atoms with Crippen molar-refractivity contribution in [1.29, 1.82) is 0 Å². The standard InChI is InChI=1S/C17H16ClF3N4O6S/c1-6-10(18)13(17(19,20)21)23-24(6)3-9(27)22-11-14(28)25-12(16(29)30)8(4-31-7(2)26)5-32-15(11)25/h11,15H,3-5H2,1-2H3,(H,22,27)(H,29,30). The lowest BCUT2D eigenvalue weighted by molar-refractivity contribution is -0.151. The van der Waals surface area contributed by atoms with Gasteiger partial charge in [-0.2, -0.15) is 18.3 Å². The van der Waals surface area contributed by atoms with Gasteiger partial charge in [-0.25, -0.2) is 4.79 Å². The average molecular weight is 497 g/mol. The Kier molecular flexibility index (Phi) is 6.47. The van der Waals surface area contributed by atoms with E-state index in [2.05, 4.69) is 10.4 Å². The third-order valence-electron chi connectivity index (χ3n) is 4.71. The van der Waals surface area contributed by atoms with E-state index in [1.807, 2.05) is 0 Å². The molecule has 174 valence electrons. The maximum Gasteiger partial charge on any atom is 0.436 e. The van der Waals surface area contributed by atoms with Crippen molar-refractivity contribution in [3.05, 3.63) is 27.7 Å². The zero-order valence-corrected chi connectivity index (χ0v) is 18.1. The molecule has 2 unspecified atom stereocenters. The first kappa shape index (κ1) is 23.9. The highest BCUT2D eigenvalue weighted by molar-refractivity contribution is 8.00. The largest absolute Gasteiger partial charge is 0.477 e. The van der Waals surface area contributed by atoms with Crippen molar-refractivity contribution in [2.24, 2.45) is 0 Å². The molecular formula is C17H16ClF3N4O6S. The van der Waals surface area contributed by atoms with Crippen LogP contribution in [0.25, 0.3) is 0 Å². The van der Waals surface area contributed by atoms with Crippen LogP contribution in [0.15, 0.2) is 11.3 Å². The number of ether oxygens (including phenoxy) is 1. The van der Waals surface area contributed by atoms with Crippen molar-refractivity contribution >= 4 is 47.1 Å². The molecule has 0 spiro atoms. The van der Waals surface area contributed by atoms with Crippen LogP contribution in [0.5, 0.6) is 0 Å². The third-order valence-corrected chi connectivity index (χ3v) is 6.50. The highest BCUT2D eigenvalue weighted by Crippen LogP contribution is 2.40. The van der Waals surface area contributed by atoms with Crippen molar-refractivity contribution in [1.82, 2.24) is 20.0 Å². The van der Waals surface area contributed by atoms with Gasteiger partial charge in [0.05, 0.1) is 10.7 Å². The molecule has 2 amide bonds. The lowest BCUT2D eigenvalue weighted by Gasteiger charge is -2.49. The van der Waals surface area contributed by atoms with Gasteiger partial charge < -0.3 is 15.2 Å². The van der Waals surface area contributed by atoms with Gasteiger partial charge in [-0.3, -0.25) is 24.0 Å². The Bertz CT molecular complexity index is 1040. The number of fused-ring (bicyclic) bond motifs is 1. The van der Waals surface area contributed by atoms with Crippen LogP contribution >= 0.6 is 23.4 Å². The van der Waals surface area contributed by atoms with E-state index in [4.69, 9.17) is 16.3 Å². The molecule has 1 fully saturated rings. The molecule has 3 heterocycles. The van der Waals surface area contributed by atoms with Crippen LogP contribution in [0.2, 0.25) is 5.02 Å². The molecule has 2 N–H and O–H groups in total. The second-order valence-electron chi connectivity index (χ2n) is 6.90. The normalized spacial score (nSPS) is 20.6. The number of hydrogen-bond donors (Lipinski definition) is 2. The number of nitrogens with zero attached hydrogens (tertiary/aromatic N) is 3. The zero-order valence-electron chi connectivity index (χ0n) is 16.5. The predicted octanol–water partition coefficient (Wildman–Crippen LogP) is 1.17. The molecule has 2 atom stereocenters. The number of carboxylic acid groups (broad SMARTS) is 1. The summed E-state index contributed by atoms with van der Waals surface area (Å²) in [6.07, 6.45) is -4.80. The highest BCUT2D eigenvalue weighted by Gasteiger charge is 2.54. The SMILES string of the molecule is CC(=O)OCC1=C(C(=O)O)N2C(=O)C(NC(=O)Cn3nc(C(F)(F)F)c(Cl)c3C)C2SC1. The first-order valence-electron chi connectivity index (χ1n) is 8.95. The number of halogens is 4. The minimum Gasteiger partial charge on any atom is -0.477 e. The molecule has 0 aliphatic carbocycles. The van der Waals surface area contributed by atoms with E-state index in [-0.39, 0.29) is 29.3 Å². The number of nitrogens with one attached hydrogen (secondary N) is 1. The number of esters is 1. The second-order valence-corrected chi connectivity index (χ2v) is 8.38. The molecule has 15 heteroatoms. The fraction of sp³-hybridized carbons (Fsp3) is 0.471. The lowest BCUT2D eigenvalue weighted by atomic mass is 10.0. The summed E-state index contributed by atoms with van der Waals surface area (Å²) in [6, 6.07) is -1.08. The molecule has 2 aliphatic rings. The Morgan fingerprint density at radius 1 is 1.38 bits per heavy atom. The Morgan fingerprint density at radius 3 is 2.56 bits per heavy atom. The summed E-state index contributed by atoms with van der Waals surface area (Å²) >= 11 is 6.81. The van der Waals surface area contributed by atoms with E-state index in [0.717, 1.165) is 28.3 Å². The van der Waals surface area contributed by atoms with Crippen LogP contribution < -0.4 is 5.32 Å². The highest BCUT2D eigenvalue weighted by atomic mass is 35.5. The number of carbonyl (C=O) groups is 4. The first-order valence-corrected chi connectivity index (χ1v) is 10.4. The minimum atomic E-state index is -4.80. The zero-order chi connectivity index (χ0) is 24.0. The van der Waals surface area contributed by atoms with Gasteiger partial charge in [-0.15, -0.1) is 11.8 Å². The van der Waals surface area contributed by atoms with Crippen LogP contribution in [0.4, 0.5) is 13.2 Å². The van der Waals surface area contributed by atoms with E-state index in [1.54, 1.807) is 0 Å². The number of carbonyl (C=O) groups excluding carboxylic acids is 3. The van der Waals surface area contributed by atoms with E-state index in [9.17, 15) is 37.5 Å². The molecule has 0 saturated carbocycles. The van der Waals surface area contributed by atoms with Crippen LogP contribution in [-0.4, -0.2) is 67.3 Å². The Balaban J connectivity index is 1.71. The van der Waals surface area contributed by atoms with Gasteiger partial charge in [-0.05, 0) is 6.92 Å². The summed E-state index contributed by atoms with van der Waals surface area (Å²) in [5.74, 6) is -3.38. The van der Waals surface area contributed by atoms with Gasteiger partial charge >= 0.3 is 18.1 Å². The van der Waals surface area contributed by atoms with Gasteiger partial charge in [0.2, 0.25) is 5.91 Å². The molecule has 1 aromatic heterocycles. The monoisotopic (exact) mass is 496 g/mol. The lowest BCUT2D eigenvalue weighted by Crippen LogP contribution is -2.70. The Labute approximate surface area is 187 Å². The molecular weight excluding hydrogens is 481 g/mol. The van der Waals surface area contributed by atoms with Gasteiger partial charge in [0.15, 0.2) is 5.69 Å². The number of aromatic nitrogens is 2. The van der Waals surface area contributed by atoms with Crippen LogP contribution in [0.3, 0.4) is 0 Å². The fourth-order valence-corrected chi connectivity index (χ4v) is 4.77. The molecule has 1 saturated heterocycles. The topological polar surface area (TPSA) is 131 Å². The molecule has 0 bridgehead atoms. The van der Waals surface area contributed by atoms with Crippen LogP contribution in [-0.2, 0) is 36.6 Å². The summed E-state index contributed by atoms with van der Waals surface area (Å²) in [5, 5.41) is 13.9. The maximum atomic E-state index is 12.9. The predicted molar refractivity (Wildman–Crippen MR) is 103 cm³/mol. The summed E-state index contributed by atoms with van der Waals surface area (Å²) in [7, 11) is 0. The second kappa shape index (κ2) is 8.65. The fourth-order valence-electron chi connectivity index (χ4n) is 3.20. The van der Waals surface area contributed by atoms with Crippen molar-refractivity contribution in [3.63, 3.8) is 0 Å². The number of aliphatic carboxylic acids is 1. The summed E-state index contributed by atoms with van der Waals surface area (Å²) in [4.78, 5) is 48.5. The summed E-state index contributed by atoms with van der Waals surface area (Å²) < 4.78 is 44.4. The number of amides is 2. The van der Waals surface area contributed by atoms with Crippen molar-refractivity contribution in [2.45, 2.75) is 38.0 Å². The Hall–Kier alpha value is -2.74. The Morgan fingerprint density at radius 2 is 2.03 bits per heavy atom. The van der Waals surface area contributed by atoms with Gasteiger partial charge in [-0.1, -0.05) is 11.6 Å². The number of carboxylic acids is 1. The third kappa shape index (κ3) is 4.41. The van der Waals surface area contributed by atoms with E-state index in [0.29, 0.717) is 0 Å². The summed E-state index contributed by atoms with van der Waals surface area (Å²) in [6.45, 7) is 1.51. The van der Waals surface area contributed by atoms with E-state index < -0.39 is 58.6 Å². The molecule has 10 nitrogen and oxygen atoms in total. The minimum absolute atomic E-state index is 0.0750. The van der Waals surface area contributed by atoms with E-state index >= 15 is 0 Å². The van der Waals surface area contributed by atoms with E-state index in [1.165, 1.54) is 6.92 Å². The van der Waals surface area contributed by atoms with Crippen LogP contribution in [0.1, 0.15) is 18.3 Å². The molecule has 0 aromatic carbocycles. The number of hydrogen-bond acceptors (Lipinski definition) is 7. The van der Waals surface area contributed by atoms with Gasteiger partial charge in [0, 0.05) is 18.2 Å². The first-order chi connectivity index (χ1) is 14.8.